The predicted molar refractivity (Wildman–Crippen MR) is 81.4 cm³/mol. The lowest BCUT2D eigenvalue weighted by Gasteiger charge is -2.43. The maximum atomic E-state index is 12.0. The number of carbonyl (C=O) groups is 1. The number of nitrogens with zero attached hydrogens (tertiary/aromatic N) is 1. The van der Waals surface area contributed by atoms with Gasteiger partial charge in [0.2, 0.25) is 5.91 Å². The summed E-state index contributed by atoms with van der Waals surface area (Å²) in [7, 11) is 1.93. The van der Waals surface area contributed by atoms with Crippen LogP contribution in [-0.4, -0.2) is 61.4 Å². The molecule has 2 N–H and O–H groups in total. The quantitative estimate of drug-likeness (QED) is 0.840. The Kier molecular flexibility index (Phi) is 5.58. The predicted octanol–water partition coefficient (Wildman–Crippen LogP) is 0.692. The second-order valence-corrected chi connectivity index (χ2v) is 5.87. The van der Waals surface area contributed by atoms with Crippen molar-refractivity contribution in [2.24, 2.45) is 0 Å². The zero-order valence-electron chi connectivity index (χ0n) is 12.1. The number of amides is 1. The number of carbonyl (C=O) groups excluding carboxylic acids is 1. The SMILES string of the molecule is CN1CCOCC1(CO)CNC(=O)Cc1ccc(Cl)cc1. The van der Waals surface area contributed by atoms with Gasteiger partial charge in [-0.25, -0.2) is 0 Å². The highest BCUT2D eigenvalue weighted by molar-refractivity contribution is 6.30. The fraction of sp³-hybridized carbons (Fsp3) is 0.533. The van der Waals surface area contributed by atoms with E-state index >= 15 is 0 Å². The first-order chi connectivity index (χ1) is 10.1. The fourth-order valence-electron chi connectivity index (χ4n) is 2.33. The van der Waals surface area contributed by atoms with Crippen LogP contribution in [0.25, 0.3) is 0 Å². The molecule has 2 rings (SSSR count). The average molecular weight is 313 g/mol. The van der Waals surface area contributed by atoms with Gasteiger partial charge in [-0.15, -0.1) is 0 Å². The van der Waals surface area contributed by atoms with E-state index in [1.807, 2.05) is 24.1 Å². The summed E-state index contributed by atoms with van der Waals surface area (Å²) in [5, 5.41) is 13.2. The number of rotatable bonds is 5. The molecular weight excluding hydrogens is 292 g/mol. The lowest BCUT2D eigenvalue weighted by molar-refractivity contribution is -0.123. The maximum absolute atomic E-state index is 12.0. The molecule has 5 nitrogen and oxygen atoms in total. The Morgan fingerprint density at radius 1 is 1.48 bits per heavy atom. The summed E-state index contributed by atoms with van der Waals surface area (Å²) in [5.74, 6) is -0.0795. The number of morpholine rings is 1. The number of hydrogen-bond donors (Lipinski definition) is 2. The highest BCUT2D eigenvalue weighted by atomic mass is 35.5. The van der Waals surface area contributed by atoms with Crippen LogP contribution in [0.4, 0.5) is 0 Å². The van der Waals surface area contributed by atoms with Gasteiger partial charge in [0.05, 0.1) is 31.8 Å². The lowest BCUT2D eigenvalue weighted by Crippen LogP contribution is -2.63. The molecule has 1 amide bonds. The van der Waals surface area contributed by atoms with Gasteiger partial charge in [-0.1, -0.05) is 23.7 Å². The molecule has 0 spiro atoms. The molecule has 1 aliphatic rings. The molecular formula is C15H21ClN2O3. The number of aliphatic hydroxyl groups is 1. The highest BCUT2D eigenvalue weighted by Crippen LogP contribution is 2.17. The van der Waals surface area contributed by atoms with Gasteiger partial charge in [0.25, 0.3) is 0 Å². The third-order valence-electron chi connectivity index (χ3n) is 3.94. The molecule has 1 atom stereocenters. The second-order valence-electron chi connectivity index (χ2n) is 5.44. The summed E-state index contributed by atoms with van der Waals surface area (Å²) in [6.07, 6.45) is 0.295. The Hall–Kier alpha value is -1.14. The highest BCUT2D eigenvalue weighted by Gasteiger charge is 2.37. The van der Waals surface area contributed by atoms with Crippen LogP contribution in [0.5, 0.6) is 0 Å². The number of benzene rings is 1. The first kappa shape index (κ1) is 16.2. The van der Waals surface area contributed by atoms with Crippen LogP contribution in [0.3, 0.4) is 0 Å². The maximum Gasteiger partial charge on any atom is 0.224 e. The van der Waals surface area contributed by atoms with E-state index in [1.165, 1.54) is 0 Å². The van der Waals surface area contributed by atoms with E-state index in [9.17, 15) is 9.90 Å². The number of aliphatic hydroxyl groups excluding tert-OH is 1. The molecule has 1 unspecified atom stereocenters. The van der Waals surface area contributed by atoms with E-state index in [2.05, 4.69) is 5.32 Å². The molecule has 116 valence electrons. The summed E-state index contributed by atoms with van der Waals surface area (Å²) >= 11 is 5.82. The molecule has 0 bridgehead atoms. The van der Waals surface area contributed by atoms with Crippen molar-refractivity contribution >= 4 is 17.5 Å². The molecule has 6 heteroatoms. The van der Waals surface area contributed by atoms with Crippen molar-refractivity contribution in [2.45, 2.75) is 12.0 Å². The molecule has 1 heterocycles. The zero-order valence-corrected chi connectivity index (χ0v) is 12.9. The van der Waals surface area contributed by atoms with Gasteiger partial charge in [0.1, 0.15) is 0 Å². The van der Waals surface area contributed by atoms with Gasteiger partial charge < -0.3 is 15.2 Å². The summed E-state index contributed by atoms with van der Waals surface area (Å²) in [5.41, 5.74) is 0.372. The Bertz CT molecular complexity index is 480. The summed E-state index contributed by atoms with van der Waals surface area (Å²) in [4.78, 5) is 14.1. The van der Waals surface area contributed by atoms with E-state index in [4.69, 9.17) is 16.3 Å². The van der Waals surface area contributed by atoms with Crippen molar-refractivity contribution in [2.75, 3.05) is 40.0 Å². The Morgan fingerprint density at radius 3 is 2.81 bits per heavy atom. The van der Waals surface area contributed by atoms with E-state index in [-0.39, 0.29) is 12.5 Å². The molecule has 0 saturated carbocycles. The van der Waals surface area contributed by atoms with Crippen molar-refractivity contribution in [1.82, 2.24) is 10.2 Å². The number of halogens is 1. The number of nitrogens with one attached hydrogen (secondary N) is 1. The minimum absolute atomic E-state index is 0.0509. The van der Waals surface area contributed by atoms with Crippen molar-refractivity contribution in [3.8, 4) is 0 Å². The van der Waals surface area contributed by atoms with Crippen molar-refractivity contribution in [3.05, 3.63) is 34.9 Å². The molecule has 1 aromatic carbocycles. The van der Waals surface area contributed by atoms with Crippen LogP contribution in [0, 0.1) is 0 Å². The Balaban J connectivity index is 1.89. The van der Waals surface area contributed by atoms with Crippen LogP contribution < -0.4 is 5.32 Å². The van der Waals surface area contributed by atoms with Gasteiger partial charge in [0, 0.05) is 18.1 Å². The lowest BCUT2D eigenvalue weighted by atomic mass is 9.98. The molecule has 1 fully saturated rings. The van der Waals surface area contributed by atoms with Crippen LogP contribution in [0.1, 0.15) is 5.56 Å². The molecule has 21 heavy (non-hydrogen) atoms. The minimum atomic E-state index is -0.534. The van der Waals surface area contributed by atoms with Crippen LogP contribution in [0.15, 0.2) is 24.3 Å². The van der Waals surface area contributed by atoms with Crippen molar-refractivity contribution < 1.29 is 14.6 Å². The van der Waals surface area contributed by atoms with Gasteiger partial charge in [-0.05, 0) is 24.7 Å². The van der Waals surface area contributed by atoms with E-state index in [1.54, 1.807) is 12.1 Å². The first-order valence-electron chi connectivity index (χ1n) is 6.97. The average Bonchev–Trinajstić information content (AvgIpc) is 2.49. The molecule has 0 aliphatic carbocycles. The van der Waals surface area contributed by atoms with Crippen LogP contribution in [0.2, 0.25) is 5.02 Å². The van der Waals surface area contributed by atoms with Gasteiger partial charge >= 0.3 is 0 Å². The number of hydrogen-bond acceptors (Lipinski definition) is 4. The molecule has 1 aromatic rings. The molecule has 0 aromatic heterocycles. The zero-order chi connectivity index (χ0) is 15.3. The summed E-state index contributed by atoms with van der Waals surface area (Å²) < 4.78 is 5.44. The smallest absolute Gasteiger partial charge is 0.224 e. The van der Waals surface area contributed by atoms with Crippen LogP contribution in [-0.2, 0) is 16.0 Å². The van der Waals surface area contributed by atoms with Crippen LogP contribution >= 0.6 is 11.6 Å². The van der Waals surface area contributed by atoms with E-state index in [0.29, 0.717) is 31.2 Å². The summed E-state index contributed by atoms with van der Waals surface area (Å²) in [6.45, 7) is 2.13. The third kappa shape index (κ3) is 4.17. The third-order valence-corrected chi connectivity index (χ3v) is 4.19. The monoisotopic (exact) mass is 312 g/mol. The summed E-state index contributed by atoms with van der Waals surface area (Å²) in [6, 6.07) is 7.20. The first-order valence-corrected chi connectivity index (χ1v) is 7.34. The van der Waals surface area contributed by atoms with Gasteiger partial charge in [-0.3, -0.25) is 9.69 Å². The van der Waals surface area contributed by atoms with Gasteiger partial charge in [-0.2, -0.15) is 0 Å². The topological polar surface area (TPSA) is 61.8 Å². The van der Waals surface area contributed by atoms with E-state index < -0.39 is 5.54 Å². The van der Waals surface area contributed by atoms with Crippen molar-refractivity contribution in [1.29, 1.82) is 0 Å². The largest absolute Gasteiger partial charge is 0.394 e. The second kappa shape index (κ2) is 7.22. The Labute approximate surface area is 129 Å². The molecule has 1 aliphatic heterocycles. The number of ether oxygens (including phenoxy) is 1. The normalized spacial score (nSPS) is 23.0. The number of likely N-dealkylation sites (N-methyl/N-ethyl adjacent to an activating group) is 1. The van der Waals surface area contributed by atoms with Gasteiger partial charge in [0.15, 0.2) is 0 Å². The molecule has 0 radical (unpaired) electrons. The van der Waals surface area contributed by atoms with Crippen molar-refractivity contribution in [3.63, 3.8) is 0 Å². The molecule has 1 saturated heterocycles. The Morgan fingerprint density at radius 2 is 2.19 bits per heavy atom. The standard InChI is InChI=1S/C15H21ClN2O3/c1-18-6-7-21-11-15(18,10-19)9-17-14(20)8-12-2-4-13(16)5-3-12/h2-5,19H,6-11H2,1H3,(H,17,20). The fourth-order valence-corrected chi connectivity index (χ4v) is 2.46. The van der Waals surface area contributed by atoms with E-state index in [0.717, 1.165) is 12.1 Å². The minimum Gasteiger partial charge on any atom is -0.394 e.